The first kappa shape index (κ1) is 23.8. The maximum atomic E-state index is 12.5. The molecule has 2 N–H and O–H groups in total. The number of thiazole rings is 1. The average Bonchev–Trinajstić information content (AvgIpc) is 3.31. The molecule has 0 saturated carbocycles. The smallest absolute Gasteiger partial charge is 0.255 e. The Morgan fingerprint density at radius 1 is 1.03 bits per heavy atom. The fraction of sp³-hybridized carbons (Fsp3) is 0.0800. The van der Waals surface area contributed by atoms with Crippen LogP contribution in [-0.2, 0) is 4.79 Å². The molecule has 0 unspecified atom stereocenters. The van der Waals surface area contributed by atoms with Crippen molar-refractivity contribution >= 4 is 57.3 Å². The van der Waals surface area contributed by atoms with Gasteiger partial charge in [-0.05, 0) is 48.5 Å². The molecule has 34 heavy (non-hydrogen) atoms. The van der Waals surface area contributed by atoms with Crippen LogP contribution in [0.15, 0.2) is 83.1 Å². The molecule has 1 heterocycles. The zero-order valence-corrected chi connectivity index (χ0v) is 20.5. The number of halogens is 1. The van der Waals surface area contributed by atoms with E-state index in [9.17, 15) is 9.59 Å². The highest BCUT2D eigenvalue weighted by Gasteiger charge is 2.11. The van der Waals surface area contributed by atoms with Crippen molar-refractivity contribution in [3.63, 3.8) is 0 Å². The van der Waals surface area contributed by atoms with Gasteiger partial charge in [0, 0.05) is 32.1 Å². The van der Waals surface area contributed by atoms with Crippen LogP contribution >= 0.6 is 34.7 Å². The Hall–Kier alpha value is -3.33. The molecule has 2 amide bonds. The van der Waals surface area contributed by atoms with Crippen molar-refractivity contribution in [3.05, 3.63) is 88.8 Å². The molecule has 9 heteroatoms. The van der Waals surface area contributed by atoms with Crippen molar-refractivity contribution in [1.29, 1.82) is 0 Å². The van der Waals surface area contributed by atoms with Crippen molar-refractivity contribution < 1.29 is 14.3 Å². The third-order valence-electron chi connectivity index (χ3n) is 4.71. The largest absolute Gasteiger partial charge is 0.497 e. The van der Waals surface area contributed by atoms with Crippen LogP contribution in [0.3, 0.4) is 0 Å². The first-order valence-corrected chi connectivity index (χ1v) is 12.4. The molecule has 0 saturated heterocycles. The SMILES string of the molecule is COc1ccc(C(=O)Nc2cccc(SCC(=O)Nc3nc(-c4ccccc4Cl)cs3)c2)cc1. The summed E-state index contributed by atoms with van der Waals surface area (Å²) in [7, 11) is 1.58. The van der Waals surface area contributed by atoms with Gasteiger partial charge < -0.3 is 15.4 Å². The molecule has 6 nitrogen and oxygen atoms in total. The fourth-order valence-corrected chi connectivity index (χ4v) is 4.75. The molecule has 0 aliphatic carbocycles. The molecule has 4 rings (SSSR count). The minimum Gasteiger partial charge on any atom is -0.497 e. The number of amides is 2. The second kappa shape index (κ2) is 11.2. The Morgan fingerprint density at radius 2 is 1.82 bits per heavy atom. The molecule has 0 radical (unpaired) electrons. The summed E-state index contributed by atoms with van der Waals surface area (Å²) in [6.07, 6.45) is 0. The summed E-state index contributed by atoms with van der Waals surface area (Å²) in [6.45, 7) is 0. The van der Waals surface area contributed by atoms with Gasteiger partial charge in [0.05, 0.1) is 18.6 Å². The molecule has 0 aliphatic heterocycles. The van der Waals surface area contributed by atoms with E-state index in [1.165, 1.54) is 23.1 Å². The number of hydrogen-bond donors (Lipinski definition) is 2. The highest BCUT2D eigenvalue weighted by Crippen LogP contribution is 2.30. The van der Waals surface area contributed by atoms with Gasteiger partial charge in [-0.15, -0.1) is 23.1 Å². The highest BCUT2D eigenvalue weighted by atomic mass is 35.5. The van der Waals surface area contributed by atoms with E-state index in [2.05, 4.69) is 15.6 Å². The van der Waals surface area contributed by atoms with Crippen LogP contribution in [-0.4, -0.2) is 29.7 Å². The van der Waals surface area contributed by atoms with Crippen LogP contribution in [0.1, 0.15) is 10.4 Å². The Balaban J connectivity index is 1.31. The van der Waals surface area contributed by atoms with E-state index in [1.54, 1.807) is 43.5 Å². The van der Waals surface area contributed by atoms with Crippen molar-refractivity contribution in [2.24, 2.45) is 0 Å². The number of methoxy groups -OCH3 is 1. The molecular weight excluding hydrogens is 490 g/mol. The van der Waals surface area contributed by atoms with Gasteiger partial charge in [0.15, 0.2) is 5.13 Å². The number of carbonyl (C=O) groups is 2. The number of carbonyl (C=O) groups excluding carboxylic acids is 2. The lowest BCUT2D eigenvalue weighted by molar-refractivity contribution is -0.113. The normalized spacial score (nSPS) is 10.5. The molecule has 4 aromatic rings. The molecule has 0 bridgehead atoms. The predicted molar refractivity (Wildman–Crippen MR) is 139 cm³/mol. The second-order valence-corrected chi connectivity index (χ2v) is 9.38. The van der Waals surface area contributed by atoms with Gasteiger partial charge in [0.25, 0.3) is 5.91 Å². The molecule has 172 valence electrons. The fourth-order valence-electron chi connectivity index (χ4n) is 3.04. The molecule has 1 aromatic heterocycles. The Kier molecular flexibility index (Phi) is 7.84. The summed E-state index contributed by atoms with van der Waals surface area (Å²) in [5.74, 6) is 0.501. The van der Waals surface area contributed by atoms with E-state index in [1.807, 2.05) is 41.8 Å². The van der Waals surface area contributed by atoms with Gasteiger partial charge >= 0.3 is 0 Å². The van der Waals surface area contributed by atoms with E-state index in [4.69, 9.17) is 16.3 Å². The molecule has 0 fully saturated rings. The first-order valence-electron chi connectivity index (χ1n) is 10.2. The monoisotopic (exact) mass is 509 g/mol. The number of hydrogen-bond acceptors (Lipinski definition) is 6. The van der Waals surface area contributed by atoms with Gasteiger partial charge in [0.1, 0.15) is 5.75 Å². The van der Waals surface area contributed by atoms with Gasteiger partial charge in [-0.1, -0.05) is 35.9 Å². The van der Waals surface area contributed by atoms with E-state index < -0.39 is 0 Å². The van der Waals surface area contributed by atoms with Crippen LogP contribution in [0.5, 0.6) is 5.75 Å². The van der Waals surface area contributed by atoms with Crippen molar-refractivity contribution in [3.8, 4) is 17.0 Å². The van der Waals surface area contributed by atoms with Crippen molar-refractivity contribution in [2.45, 2.75) is 4.90 Å². The zero-order chi connectivity index (χ0) is 23.9. The average molecular weight is 510 g/mol. The van der Waals surface area contributed by atoms with E-state index in [-0.39, 0.29) is 17.6 Å². The van der Waals surface area contributed by atoms with Gasteiger partial charge in [-0.2, -0.15) is 0 Å². The minimum atomic E-state index is -0.222. The maximum Gasteiger partial charge on any atom is 0.255 e. The van der Waals surface area contributed by atoms with Crippen LogP contribution in [0.25, 0.3) is 11.3 Å². The lowest BCUT2D eigenvalue weighted by Gasteiger charge is -2.08. The first-order chi connectivity index (χ1) is 16.5. The molecular formula is C25H20ClN3O3S2. The second-order valence-electron chi connectivity index (χ2n) is 7.07. The van der Waals surface area contributed by atoms with Crippen molar-refractivity contribution in [1.82, 2.24) is 4.98 Å². The third kappa shape index (κ3) is 6.17. The van der Waals surface area contributed by atoms with Crippen LogP contribution in [0.2, 0.25) is 5.02 Å². The number of benzene rings is 3. The number of thioether (sulfide) groups is 1. The molecule has 0 spiro atoms. The lowest BCUT2D eigenvalue weighted by atomic mass is 10.2. The number of nitrogens with one attached hydrogen (secondary N) is 2. The quantitative estimate of drug-likeness (QED) is 0.266. The Morgan fingerprint density at radius 3 is 2.59 bits per heavy atom. The number of anilines is 2. The Labute approximate surface area is 210 Å². The van der Waals surface area contributed by atoms with E-state index in [0.717, 1.165) is 16.2 Å². The molecule has 0 atom stereocenters. The molecule has 0 aliphatic rings. The van der Waals surface area contributed by atoms with E-state index >= 15 is 0 Å². The summed E-state index contributed by atoms with van der Waals surface area (Å²) < 4.78 is 5.12. The van der Waals surface area contributed by atoms with Gasteiger partial charge in [-0.3, -0.25) is 9.59 Å². The van der Waals surface area contributed by atoms with Crippen LogP contribution in [0, 0.1) is 0 Å². The van der Waals surface area contributed by atoms with Gasteiger partial charge in [0.2, 0.25) is 5.91 Å². The lowest BCUT2D eigenvalue weighted by Crippen LogP contribution is -2.14. The minimum absolute atomic E-state index is 0.169. The topological polar surface area (TPSA) is 80.3 Å². The zero-order valence-electron chi connectivity index (χ0n) is 18.1. The number of aromatic nitrogens is 1. The maximum absolute atomic E-state index is 12.5. The van der Waals surface area contributed by atoms with E-state index in [0.29, 0.717) is 27.2 Å². The number of ether oxygens (including phenoxy) is 1. The predicted octanol–water partition coefficient (Wildman–Crippen LogP) is 6.46. The summed E-state index contributed by atoms with van der Waals surface area (Å²) >= 11 is 8.94. The summed E-state index contributed by atoms with van der Waals surface area (Å²) in [5.41, 5.74) is 2.72. The van der Waals surface area contributed by atoms with Crippen molar-refractivity contribution in [2.75, 3.05) is 23.5 Å². The summed E-state index contributed by atoms with van der Waals surface area (Å²) in [5, 5.41) is 8.68. The molecule has 3 aromatic carbocycles. The standard InChI is InChI=1S/C25H20ClN3O3S2/c1-32-18-11-9-16(10-12-18)24(31)27-17-5-4-6-19(13-17)33-15-23(30)29-25-28-22(14-34-25)20-7-2-3-8-21(20)26/h2-14H,15H2,1H3,(H,27,31)(H,28,29,30). The number of nitrogens with zero attached hydrogens (tertiary/aromatic N) is 1. The summed E-state index contributed by atoms with van der Waals surface area (Å²) in [6, 6.07) is 21.7. The van der Waals surface area contributed by atoms with Crippen LogP contribution in [0.4, 0.5) is 10.8 Å². The van der Waals surface area contributed by atoms with Crippen LogP contribution < -0.4 is 15.4 Å². The third-order valence-corrected chi connectivity index (χ3v) is 6.80. The highest BCUT2D eigenvalue weighted by molar-refractivity contribution is 8.00. The Bertz CT molecular complexity index is 1310. The summed E-state index contributed by atoms with van der Waals surface area (Å²) in [4.78, 5) is 30.2. The number of rotatable bonds is 8. The van der Waals surface area contributed by atoms with Gasteiger partial charge in [-0.25, -0.2) is 4.98 Å².